The molecule has 2 aliphatic rings. The molecule has 0 radical (unpaired) electrons. The highest BCUT2D eigenvalue weighted by Gasteiger charge is 2.41. The van der Waals surface area contributed by atoms with Crippen LogP contribution in [0.15, 0.2) is 45.4 Å². The zero-order valence-corrected chi connectivity index (χ0v) is 22.5. The van der Waals surface area contributed by atoms with Gasteiger partial charge in [0.25, 0.3) is 6.43 Å². The van der Waals surface area contributed by atoms with Crippen molar-refractivity contribution in [2.45, 2.75) is 25.0 Å². The Morgan fingerprint density at radius 3 is 2.73 bits per heavy atom. The summed E-state index contributed by atoms with van der Waals surface area (Å²) in [4.78, 5) is 30.0. The number of pyridine rings is 1. The fraction of sp³-hybridized carbons (Fsp3) is 0.346. The van der Waals surface area contributed by atoms with Gasteiger partial charge in [0.05, 0.1) is 6.54 Å². The maximum atomic E-state index is 13.8. The van der Waals surface area contributed by atoms with Crippen molar-refractivity contribution < 1.29 is 27.8 Å². The van der Waals surface area contributed by atoms with Crippen molar-refractivity contribution in [1.29, 1.82) is 5.26 Å². The normalized spacial score (nSPS) is 19.5. The number of nitriles is 1. The van der Waals surface area contributed by atoms with Crippen LogP contribution in [-0.4, -0.2) is 75.8 Å². The number of hydrogen-bond donors (Lipinski definition) is 1. The number of aromatic nitrogens is 3. The van der Waals surface area contributed by atoms with Crippen molar-refractivity contribution in [2.24, 2.45) is 0 Å². The predicted octanol–water partition coefficient (Wildman–Crippen LogP) is 4.19. The van der Waals surface area contributed by atoms with Gasteiger partial charge in [0.1, 0.15) is 28.9 Å². The number of halogens is 3. The molecule has 4 aromatic rings. The van der Waals surface area contributed by atoms with E-state index < -0.39 is 30.4 Å². The standard InChI is InChI=1S/C26H22BrF2N7O4/c27-14-9-17(35-7-5-34(13-30)6-8-35)25(31-11-14)39-15-10-18(26(37)38)36(12-15)24-21-20(32-23(33-24)22(28)29)16-3-1-2-4-19(16)40-21/h1-4,9,11,15,18,22H,5-8,10,12H2,(H,37,38)/t15-,18-/m0/s1. The van der Waals surface area contributed by atoms with Crippen LogP contribution >= 0.6 is 15.9 Å². The third kappa shape index (κ3) is 4.70. The SMILES string of the molecule is N#CN1CCN(c2cc(Br)cnc2O[C@H]2C[C@@H](C(=O)O)N(c3nc(C(F)F)nc4c3oc3ccccc34)C2)CC1. The number of furan rings is 1. The number of nitrogens with zero attached hydrogens (tertiary/aromatic N) is 7. The summed E-state index contributed by atoms with van der Waals surface area (Å²) in [6.45, 7) is 2.31. The van der Waals surface area contributed by atoms with E-state index in [1.807, 2.05) is 6.07 Å². The average Bonchev–Trinajstić information content (AvgIpc) is 3.55. The predicted molar refractivity (Wildman–Crippen MR) is 143 cm³/mol. The Bertz CT molecular complexity index is 1640. The minimum Gasteiger partial charge on any atom is -0.480 e. The van der Waals surface area contributed by atoms with E-state index in [1.165, 1.54) is 4.90 Å². The maximum Gasteiger partial charge on any atom is 0.326 e. The minimum absolute atomic E-state index is 0.0217. The molecule has 3 aromatic heterocycles. The molecule has 206 valence electrons. The lowest BCUT2D eigenvalue weighted by atomic mass is 10.2. The molecule has 2 atom stereocenters. The third-order valence-electron chi connectivity index (χ3n) is 7.07. The summed E-state index contributed by atoms with van der Waals surface area (Å²) in [5.74, 6) is -1.57. The first-order valence-electron chi connectivity index (χ1n) is 12.5. The highest BCUT2D eigenvalue weighted by atomic mass is 79.9. The van der Waals surface area contributed by atoms with Crippen LogP contribution in [0.1, 0.15) is 18.7 Å². The Balaban J connectivity index is 1.35. The minimum atomic E-state index is -2.97. The van der Waals surface area contributed by atoms with E-state index in [9.17, 15) is 23.9 Å². The van der Waals surface area contributed by atoms with Gasteiger partial charge < -0.3 is 29.0 Å². The number of fused-ring (bicyclic) bond motifs is 3. The Morgan fingerprint density at radius 2 is 2.00 bits per heavy atom. The first kappa shape index (κ1) is 26.0. The lowest BCUT2D eigenvalue weighted by Gasteiger charge is -2.34. The molecule has 0 spiro atoms. The summed E-state index contributed by atoms with van der Waals surface area (Å²) in [6.07, 6.45) is 0.192. The van der Waals surface area contributed by atoms with E-state index in [0.717, 1.165) is 4.47 Å². The first-order valence-corrected chi connectivity index (χ1v) is 13.3. The number of carboxylic acids is 1. The molecular weight excluding hydrogens is 592 g/mol. The third-order valence-corrected chi connectivity index (χ3v) is 7.51. The van der Waals surface area contributed by atoms with E-state index in [4.69, 9.17) is 9.15 Å². The zero-order chi connectivity index (χ0) is 28.0. The number of anilines is 2. The molecule has 1 aromatic carbocycles. The van der Waals surface area contributed by atoms with E-state index in [1.54, 1.807) is 35.4 Å². The molecular formula is C26H22BrF2N7O4. The number of alkyl halides is 2. The summed E-state index contributed by atoms with van der Waals surface area (Å²) in [5, 5.41) is 19.8. The second-order valence-electron chi connectivity index (χ2n) is 9.52. The van der Waals surface area contributed by atoms with Crippen LogP contribution in [0, 0.1) is 11.5 Å². The van der Waals surface area contributed by atoms with Crippen molar-refractivity contribution in [3.05, 3.63) is 46.8 Å². The monoisotopic (exact) mass is 613 g/mol. The number of piperazine rings is 1. The Hall–Kier alpha value is -4.25. The van der Waals surface area contributed by atoms with Crippen LogP contribution in [0.3, 0.4) is 0 Å². The lowest BCUT2D eigenvalue weighted by molar-refractivity contribution is -0.138. The molecule has 2 saturated heterocycles. The molecule has 1 N–H and O–H groups in total. The van der Waals surface area contributed by atoms with Gasteiger partial charge in [-0.3, -0.25) is 0 Å². The second kappa shape index (κ2) is 10.4. The largest absolute Gasteiger partial charge is 0.480 e. The second-order valence-corrected chi connectivity index (χ2v) is 10.4. The maximum absolute atomic E-state index is 13.8. The molecule has 5 heterocycles. The van der Waals surface area contributed by atoms with Gasteiger partial charge in [-0.05, 0) is 34.1 Å². The first-order chi connectivity index (χ1) is 19.3. The molecule has 6 rings (SSSR count). The number of carbonyl (C=O) groups is 1. The molecule has 14 heteroatoms. The van der Waals surface area contributed by atoms with E-state index in [0.29, 0.717) is 48.7 Å². The molecule has 2 fully saturated rings. The van der Waals surface area contributed by atoms with Gasteiger partial charge in [0.15, 0.2) is 23.4 Å². The molecule has 11 nitrogen and oxygen atoms in total. The molecule has 2 aliphatic heterocycles. The molecule has 0 bridgehead atoms. The fourth-order valence-corrected chi connectivity index (χ4v) is 5.49. The molecule has 0 aliphatic carbocycles. The Labute approximate surface area is 234 Å². The number of benzene rings is 1. The van der Waals surface area contributed by atoms with Gasteiger partial charge in [0.2, 0.25) is 5.88 Å². The van der Waals surface area contributed by atoms with Crippen LogP contribution in [0.5, 0.6) is 5.88 Å². The van der Waals surface area contributed by atoms with Crippen molar-refractivity contribution in [2.75, 3.05) is 42.5 Å². The van der Waals surface area contributed by atoms with Gasteiger partial charge in [0, 0.05) is 48.7 Å². The van der Waals surface area contributed by atoms with Crippen LogP contribution < -0.4 is 14.5 Å². The highest BCUT2D eigenvalue weighted by molar-refractivity contribution is 9.10. The summed E-state index contributed by atoms with van der Waals surface area (Å²) < 4.78 is 40.6. The zero-order valence-electron chi connectivity index (χ0n) is 20.9. The smallest absolute Gasteiger partial charge is 0.326 e. The van der Waals surface area contributed by atoms with Gasteiger partial charge >= 0.3 is 5.97 Å². The van der Waals surface area contributed by atoms with E-state index in [-0.39, 0.29) is 29.9 Å². The summed E-state index contributed by atoms with van der Waals surface area (Å²) in [6, 6.07) is 7.63. The Morgan fingerprint density at radius 1 is 1.23 bits per heavy atom. The van der Waals surface area contributed by atoms with Crippen molar-refractivity contribution in [1.82, 2.24) is 19.9 Å². The lowest BCUT2D eigenvalue weighted by Crippen LogP contribution is -2.44. The van der Waals surface area contributed by atoms with Crippen LogP contribution in [0.25, 0.3) is 22.1 Å². The molecule has 0 amide bonds. The quantitative estimate of drug-likeness (QED) is 0.314. The van der Waals surface area contributed by atoms with E-state index >= 15 is 0 Å². The number of carboxylic acid groups (broad SMARTS) is 1. The van der Waals surface area contributed by atoms with Crippen molar-refractivity contribution in [3.63, 3.8) is 0 Å². The van der Waals surface area contributed by atoms with Crippen molar-refractivity contribution in [3.8, 4) is 12.1 Å². The number of rotatable bonds is 6. The topological polar surface area (TPSA) is 132 Å². The summed E-state index contributed by atoms with van der Waals surface area (Å²) in [5.41, 5.74) is 1.46. The molecule has 0 saturated carbocycles. The van der Waals surface area contributed by atoms with Crippen molar-refractivity contribution >= 4 is 55.5 Å². The van der Waals surface area contributed by atoms with Crippen LogP contribution in [0.4, 0.5) is 20.3 Å². The van der Waals surface area contributed by atoms with Crippen LogP contribution in [-0.2, 0) is 4.79 Å². The van der Waals surface area contributed by atoms with Gasteiger partial charge in [-0.15, -0.1) is 0 Å². The van der Waals surface area contributed by atoms with Gasteiger partial charge in [-0.2, -0.15) is 5.26 Å². The highest BCUT2D eigenvalue weighted by Crippen LogP contribution is 2.39. The van der Waals surface area contributed by atoms with Crippen LogP contribution in [0.2, 0.25) is 0 Å². The number of hydrogen-bond acceptors (Lipinski definition) is 10. The molecule has 0 unspecified atom stereocenters. The Kier molecular flexibility index (Phi) is 6.75. The molecule has 40 heavy (non-hydrogen) atoms. The number of ether oxygens (including phenoxy) is 1. The number of aliphatic carboxylic acids is 1. The number of para-hydroxylation sites is 1. The fourth-order valence-electron chi connectivity index (χ4n) is 5.18. The van der Waals surface area contributed by atoms with Gasteiger partial charge in [-0.25, -0.2) is 28.5 Å². The summed E-state index contributed by atoms with van der Waals surface area (Å²) >= 11 is 3.45. The average molecular weight is 614 g/mol. The summed E-state index contributed by atoms with van der Waals surface area (Å²) in [7, 11) is 0. The van der Waals surface area contributed by atoms with Gasteiger partial charge in [-0.1, -0.05) is 12.1 Å². The van der Waals surface area contributed by atoms with E-state index in [2.05, 4.69) is 42.0 Å².